The van der Waals surface area contributed by atoms with E-state index >= 15 is 0 Å². The molecule has 2 aromatic rings. The fourth-order valence-electron chi connectivity index (χ4n) is 1.74. The third-order valence-corrected chi connectivity index (χ3v) is 3.21. The molecule has 0 bridgehead atoms. The Balaban J connectivity index is 2.47. The van der Waals surface area contributed by atoms with E-state index in [-0.39, 0.29) is 6.04 Å². The van der Waals surface area contributed by atoms with Crippen LogP contribution in [0.1, 0.15) is 17.3 Å². The molecule has 0 amide bonds. The zero-order chi connectivity index (χ0) is 12.4. The second-order valence-corrected chi connectivity index (χ2v) is 4.45. The summed E-state index contributed by atoms with van der Waals surface area (Å²) in [4.78, 5) is 4.01. The van der Waals surface area contributed by atoms with Crippen LogP contribution in [0.2, 0.25) is 0 Å². The molecule has 0 aromatic carbocycles. The van der Waals surface area contributed by atoms with Crippen molar-refractivity contribution in [3.8, 4) is 5.75 Å². The molecule has 0 saturated carbocycles. The molecule has 0 fully saturated rings. The molecule has 2 N–H and O–H groups in total. The van der Waals surface area contributed by atoms with Gasteiger partial charge in [0.05, 0.1) is 35.7 Å². The van der Waals surface area contributed by atoms with Gasteiger partial charge in [0.1, 0.15) is 5.75 Å². The lowest BCUT2D eigenvalue weighted by atomic mass is 10.1. The summed E-state index contributed by atoms with van der Waals surface area (Å²) in [6.07, 6.45) is 5.07. The third-order valence-electron chi connectivity index (χ3n) is 2.60. The van der Waals surface area contributed by atoms with Crippen LogP contribution in [-0.4, -0.2) is 21.9 Å². The minimum Gasteiger partial charge on any atom is -0.495 e. The number of aryl methyl sites for hydroxylation is 1. The van der Waals surface area contributed by atoms with E-state index in [0.29, 0.717) is 5.75 Å². The molecule has 1 unspecified atom stereocenters. The Morgan fingerprint density at radius 1 is 1.47 bits per heavy atom. The number of nitrogens with zero attached hydrogens (tertiary/aromatic N) is 3. The van der Waals surface area contributed by atoms with Gasteiger partial charge in [0.25, 0.3) is 0 Å². The van der Waals surface area contributed by atoms with Gasteiger partial charge in [-0.15, -0.1) is 0 Å². The van der Waals surface area contributed by atoms with E-state index in [4.69, 9.17) is 10.5 Å². The van der Waals surface area contributed by atoms with E-state index in [1.807, 2.05) is 13.1 Å². The molecule has 0 radical (unpaired) electrons. The van der Waals surface area contributed by atoms with Crippen LogP contribution >= 0.6 is 15.9 Å². The molecule has 2 rings (SSSR count). The van der Waals surface area contributed by atoms with E-state index in [1.165, 1.54) is 0 Å². The fourth-order valence-corrected chi connectivity index (χ4v) is 2.33. The average Bonchev–Trinajstić information content (AvgIpc) is 2.68. The molecule has 0 spiro atoms. The molecule has 0 aliphatic heterocycles. The number of aromatic nitrogens is 3. The minimum atomic E-state index is -0.310. The van der Waals surface area contributed by atoms with Crippen molar-refractivity contribution >= 4 is 15.9 Å². The Hall–Kier alpha value is -1.40. The number of halogens is 1. The van der Waals surface area contributed by atoms with Crippen molar-refractivity contribution in [1.29, 1.82) is 0 Å². The van der Waals surface area contributed by atoms with Gasteiger partial charge >= 0.3 is 0 Å². The maximum atomic E-state index is 6.24. The number of nitrogens with two attached hydrogens (primary N) is 1. The Morgan fingerprint density at radius 2 is 2.24 bits per heavy atom. The maximum absolute atomic E-state index is 6.24. The van der Waals surface area contributed by atoms with Crippen LogP contribution in [0, 0.1) is 0 Å². The summed E-state index contributed by atoms with van der Waals surface area (Å²) in [6.45, 7) is 0. The lowest BCUT2D eigenvalue weighted by molar-refractivity contribution is 0.405. The highest BCUT2D eigenvalue weighted by Crippen LogP contribution is 2.30. The molecule has 6 heteroatoms. The van der Waals surface area contributed by atoms with E-state index in [9.17, 15) is 0 Å². The zero-order valence-corrected chi connectivity index (χ0v) is 11.2. The van der Waals surface area contributed by atoms with Crippen molar-refractivity contribution in [2.24, 2.45) is 12.8 Å². The van der Waals surface area contributed by atoms with Gasteiger partial charge in [-0.25, -0.2) is 0 Å². The lowest BCUT2D eigenvalue weighted by Gasteiger charge is -2.16. The second-order valence-electron chi connectivity index (χ2n) is 3.60. The summed E-state index contributed by atoms with van der Waals surface area (Å²) >= 11 is 3.44. The second kappa shape index (κ2) is 4.85. The molecule has 90 valence electrons. The summed E-state index contributed by atoms with van der Waals surface area (Å²) in [5.41, 5.74) is 8.02. The normalized spacial score (nSPS) is 12.5. The van der Waals surface area contributed by atoms with Gasteiger partial charge in [-0.2, -0.15) is 5.10 Å². The molecule has 1 atom stereocenters. The summed E-state index contributed by atoms with van der Waals surface area (Å²) in [6, 6.07) is 1.54. The lowest BCUT2D eigenvalue weighted by Crippen LogP contribution is -2.17. The van der Waals surface area contributed by atoms with Crippen LogP contribution in [0.25, 0.3) is 0 Å². The van der Waals surface area contributed by atoms with Crippen LogP contribution < -0.4 is 10.5 Å². The van der Waals surface area contributed by atoms with Crippen molar-refractivity contribution in [2.75, 3.05) is 7.11 Å². The number of rotatable bonds is 3. The fraction of sp³-hybridized carbons (Fsp3) is 0.273. The molecular formula is C11H13BrN4O. The smallest absolute Gasteiger partial charge is 0.142 e. The van der Waals surface area contributed by atoms with Gasteiger partial charge in [0.15, 0.2) is 0 Å². The van der Waals surface area contributed by atoms with E-state index < -0.39 is 0 Å². The number of pyridine rings is 1. The van der Waals surface area contributed by atoms with Crippen molar-refractivity contribution in [1.82, 2.24) is 14.8 Å². The number of ether oxygens (including phenoxy) is 1. The van der Waals surface area contributed by atoms with E-state index in [1.54, 1.807) is 30.4 Å². The zero-order valence-electron chi connectivity index (χ0n) is 9.59. The molecule has 2 heterocycles. The predicted molar refractivity (Wildman–Crippen MR) is 67.7 cm³/mol. The third kappa shape index (κ3) is 2.18. The van der Waals surface area contributed by atoms with Gasteiger partial charge in [-0.1, -0.05) is 0 Å². The molecule has 0 aliphatic carbocycles. The first kappa shape index (κ1) is 12.1. The van der Waals surface area contributed by atoms with Crippen LogP contribution in [0.5, 0.6) is 5.75 Å². The number of hydrogen-bond acceptors (Lipinski definition) is 4. The molecule has 0 aliphatic rings. The number of hydrogen-bond donors (Lipinski definition) is 1. The topological polar surface area (TPSA) is 66.0 Å². The highest BCUT2D eigenvalue weighted by Gasteiger charge is 2.19. The van der Waals surface area contributed by atoms with E-state index in [2.05, 4.69) is 26.0 Å². The molecule has 17 heavy (non-hydrogen) atoms. The first-order chi connectivity index (χ1) is 8.15. The first-order valence-electron chi connectivity index (χ1n) is 5.06. The number of methoxy groups -OCH3 is 1. The molecule has 5 nitrogen and oxygen atoms in total. The average molecular weight is 297 g/mol. The van der Waals surface area contributed by atoms with Gasteiger partial charge in [-0.3, -0.25) is 9.67 Å². The van der Waals surface area contributed by atoms with Crippen LogP contribution in [0.4, 0.5) is 0 Å². The Labute approximate surface area is 108 Å². The largest absolute Gasteiger partial charge is 0.495 e. The van der Waals surface area contributed by atoms with Crippen molar-refractivity contribution in [3.05, 3.63) is 40.4 Å². The SMILES string of the molecule is COc1cnccc1C(N)c1c(Br)cnn1C. The molecular weight excluding hydrogens is 284 g/mol. The highest BCUT2D eigenvalue weighted by molar-refractivity contribution is 9.10. The first-order valence-corrected chi connectivity index (χ1v) is 5.85. The summed E-state index contributed by atoms with van der Waals surface area (Å²) in [5, 5.41) is 4.15. The monoisotopic (exact) mass is 296 g/mol. The Morgan fingerprint density at radius 3 is 2.82 bits per heavy atom. The van der Waals surface area contributed by atoms with Gasteiger partial charge < -0.3 is 10.5 Å². The van der Waals surface area contributed by atoms with Gasteiger partial charge in [0.2, 0.25) is 0 Å². The Bertz CT molecular complexity index is 506. The standard InChI is InChI=1S/C11H13BrN4O/c1-16-11(8(12)5-15-16)10(13)7-3-4-14-6-9(7)17-2/h3-6,10H,13H2,1-2H3. The van der Waals surface area contributed by atoms with Crippen LogP contribution in [-0.2, 0) is 7.05 Å². The maximum Gasteiger partial charge on any atom is 0.142 e. The van der Waals surface area contributed by atoms with Crippen molar-refractivity contribution in [3.63, 3.8) is 0 Å². The summed E-state index contributed by atoms with van der Waals surface area (Å²) < 4.78 is 7.88. The molecule has 0 saturated heterocycles. The van der Waals surface area contributed by atoms with Crippen molar-refractivity contribution in [2.45, 2.75) is 6.04 Å². The summed E-state index contributed by atoms with van der Waals surface area (Å²) in [5.74, 6) is 0.674. The Kier molecular flexibility index (Phi) is 3.44. The van der Waals surface area contributed by atoms with Crippen LogP contribution in [0.3, 0.4) is 0 Å². The minimum absolute atomic E-state index is 0.310. The quantitative estimate of drug-likeness (QED) is 0.935. The van der Waals surface area contributed by atoms with Gasteiger partial charge in [-0.05, 0) is 22.0 Å². The summed E-state index contributed by atoms with van der Waals surface area (Å²) in [7, 11) is 3.46. The van der Waals surface area contributed by atoms with Crippen molar-refractivity contribution < 1.29 is 4.74 Å². The highest BCUT2D eigenvalue weighted by atomic mass is 79.9. The van der Waals surface area contributed by atoms with Crippen LogP contribution in [0.15, 0.2) is 29.1 Å². The van der Waals surface area contributed by atoms with E-state index in [0.717, 1.165) is 15.7 Å². The predicted octanol–water partition coefficient (Wildman–Crippen LogP) is 1.63. The van der Waals surface area contributed by atoms with Gasteiger partial charge in [0, 0.05) is 18.8 Å². The molecule has 2 aromatic heterocycles.